The quantitative estimate of drug-likeness (QED) is 0.830. The van der Waals surface area contributed by atoms with Gasteiger partial charge < -0.3 is 4.52 Å². The van der Waals surface area contributed by atoms with Crippen LogP contribution in [-0.4, -0.2) is 43.4 Å². The maximum absolute atomic E-state index is 12.3. The summed E-state index contributed by atoms with van der Waals surface area (Å²) >= 11 is 0. The molecule has 1 atom stereocenters. The van der Waals surface area contributed by atoms with Gasteiger partial charge in [-0.2, -0.15) is 0 Å². The summed E-state index contributed by atoms with van der Waals surface area (Å²) in [6.07, 6.45) is 2.13. The average molecular weight is 349 g/mol. The molecule has 0 radical (unpaired) electrons. The van der Waals surface area contributed by atoms with Gasteiger partial charge in [0, 0.05) is 26.7 Å². The lowest BCUT2D eigenvalue weighted by molar-refractivity contribution is 0.206. The van der Waals surface area contributed by atoms with Crippen LogP contribution in [0, 0.1) is 6.92 Å². The molecular weight excluding hydrogens is 326 g/mol. The van der Waals surface area contributed by atoms with Crippen LogP contribution in [0.1, 0.15) is 35.9 Å². The Kier molecular flexibility index (Phi) is 4.76. The van der Waals surface area contributed by atoms with Crippen molar-refractivity contribution < 1.29 is 12.9 Å². The Morgan fingerprint density at radius 1 is 1.33 bits per heavy atom. The molecule has 2 aromatic rings. The Bertz CT molecular complexity index is 814. The summed E-state index contributed by atoms with van der Waals surface area (Å²) in [7, 11) is -0.316. The van der Waals surface area contributed by atoms with E-state index < -0.39 is 10.0 Å². The first kappa shape index (κ1) is 17.1. The van der Waals surface area contributed by atoms with Crippen LogP contribution in [-0.2, 0) is 16.6 Å². The fourth-order valence-electron chi connectivity index (χ4n) is 3.13. The third-order valence-corrected chi connectivity index (χ3v) is 6.21. The van der Waals surface area contributed by atoms with Crippen molar-refractivity contribution in [1.29, 1.82) is 0 Å². The number of rotatable bonds is 5. The number of nitrogens with zero attached hydrogens (tertiary/aromatic N) is 3. The molecule has 1 aliphatic heterocycles. The lowest BCUT2D eigenvalue weighted by Gasteiger charge is -2.22. The van der Waals surface area contributed by atoms with Crippen LogP contribution >= 0.6 is 0 Å². The summed E-state index contributed by atoms with van der Waals surface area (Å²) < 4.78 is 31.3. The molecule has 3 rings (SSSR count). The van der Waals surface area contributed by atoms with E-state index in [9.17, 15) is 8.42 Å². The zero-order valence-corrected chi connectivity index (χ0v) is 15.1. The first-order chi connectivity index (χ1) is 11.4. The van der Waals surface area contributed by atoms with Gasteiger partial charge in [0.05, 0.1) is 16.6 Å². The van der Waals surface area contributed by atoms with Gasteiger partial charge in [-0.3, -0.25) is 4.90 Å². The normalized spacial score (nSPS) is 19.2. The SMILES string of the molecule is Cc1cc(C2CCCN2Cc2cccc(S(=O)(=O)N(C)C)c2)on1. The van der Waals surface area contributed by atoms with Gasteiger partial charge in [0.25, 0.3) is 0 Å². The van der Waals surface area contributed by atoms with E-state index in [-0.39, 0.29) is 6.04 Å². The number of likely N-dealkylation sites (tertiary alicyclic amines) is 1. The second-order valence-electron chi connectivity index (χ2n) is 6.43. The molecule has 0 amide bonds. The Balaban J connectivity index is 1.81. The van der Waals surface area contributed by atoms with Gasteiger partial charge in [0.15, 0.2) is 5.76 Å². The summed E-state index contributed by atoms with van der Waals surface area (Å²) in [5.41, 5.74) is 1.87. The molecule has 1 saturated heterocycles. The number of hydrogen-bond donors (Lipinski definition) is 0. The molecule has 2 heterocycles. The van der Waals surface area contributed by atoms with E-state index in [4.69, 9.17) is 4.52 Å². The Hall–Kier alpha value is -1.70. The molecule has 7 heteroatoms. The highest BCUT2D eigenvalue weighted by atomic mass is 32.2. The van der Waals surface area contributed by atoms with Gasteiger partial charge in [0.1, 0.15) is 0 Å². The van der Waals surface area contributed by atoms with Crippen LogP contribution in [0.2, 0.25) is 0 Å². The fourth-order valence-corrected chi connectivity index (χ4v) is 4.10. The van der Waals surface area contributed by atoms with Crippen molar-refractivity contribution in [3.8, 4) is 0 Å². The fraction of sp³-hybridized carbons (Fsp3) is 0.471. The summed E-state index contributed by atoms with van der Waals surface area (Å²) in [6.45, 7) is 3.58. The number of sulfonamides is 1. The van der Waals surface area contributed by atoms with Crippen molar-refractivity contribution in [2.45, 2.75) is 37.2 Å². The number of aryl methyl sites for hydroxylation is 1. The summed E-state index contributed by atoms with van der Waals surface area (Å²) in [5.74, 6) is 0.891. The second-order valence-corrected chi connectivity index (χ2v) is 8.59. The van der Waals surface area contributed by atoms with Crippen LogP contribution in [0.25, 0.3) is 0 Å². The molecule has 130 valence electrons. The minimum Gasteiger partial charge on any atom is -0.359 e. The largest absolute Gasteiger partial charge is 0.359 e. The molecule has 1 aliphatic rings. The van der Waals surface area contributed by atoms with Gasteiger partial charge in [-0.25, -0.2) is 12.7 Å². The molecule has 1 aromatic heterocycles. The van der Waals surface area contributed by atoms with Crippen molar-refractivity contribution in [2.24, 2.45) is 0 Å². The van der Waals surface area contributed by atoms with Gasteiger partial charge in [-0.05, 0) is 44.0 Å². The molecule has 0 spiro atoms. The van der Waals surface area contributed by atoms with Crippen molar-refractivity contribution in [3.63, 3.8) is 0 Å². The summed E-state index contributed by atoms with van der Waals surface area (Å²) in [4.78, 5) is 2.65. The van der Waals surface area contributed by atoms with E-state index in [0.29, 0.717) is 11.4 Å². The molecule has 24 heavy (non-hydrogen) atoms. The Morgan fingerprint density at radius 2 is 2.12 bits per heavy atom. The average Bonchev–Trinajstić information content (AvgIpc) is 3.16. The van der Waals surface area contributed by atoms with Gasteiger partial charge in [0.2, 0.25) is 10.0 Å². The van der Waals surface area contributed by atoms with E-state index in [1.165, 1.54) is 4.31 Å². The standard InChI is InChI=1S/C17H23N3O3S/c1-13-10-17(23-18-13)16-8-5-9-20(16)12-14-6-4-7-15(11-14)24(21,22)19(2)3/h4,6-7,10-11,16H,5,8-9,12H2,1-3H3. The van der Waals surface area contributed by atoms with Crippen LogP contribution in [0.4, 0.5) is 0 Å². The molecule has 0 N–H and O–H groups in total. The van der Waals surface area contributed by atoms with Gasteiger partial charge in [-0.1, -0.05) is 17.3 Å². The lowest BCUT2D eigenvalue weighted by atomic mass is 10.1. The molecule has 1 fully saturated rings. The third-order valence-electron chi connectivity index (χ3n) is 4.40. The monoisotopic (exact) mass is 349 g/mol. The molecule has 6 nitrogen and oxygen atoms in total. The zero-order valence-electron chi connectivity index (χ0n) is 14.3. The Labute approximate surface area is 143 Å². The minimum absolute atomic E-state index is 0.209. The molecule has 0 bridgehead atoms. The van der Waals surface area contributed by atoms with Gasteiger partial charge in [-0.15, -0.1) is 0 Å². The molecule has 0 aliphatic carbocycles. The summed E-state index contributed by atoms with van der Waals surface area (Å²) in [5, 5.41) is 3.98. The smallest absolute Gasteiger partial charge is 0.242 e. The zero-order chi connectivity index (χ0) is 17.3. The second kappa shape index (κ2) is 6.66. The predicted octanol–water partition coefficient (Wildman–Crippen LogP) is 2.57. The molecule has 1 unspecified atom stereocenters. The van der Waals surface area contributed by atoms with E-state index in [1.54, 1.807) is 32.3 Å². The van der Waals surface area contributed by atoms with Crippen molar-refractivity contribution in [2.75, 3.05) is 20.6 Å². The van der Waals surface area contributed by atoms with Crippen molar-refractivity contribution in [1.82, 2.24) is 14.4 Å². The van der Waals surface area contributed by atoms with Gasteiger partial charge >= 0.3 is 0 Å². The Morgan fingerprint density at radius 3 is 2.79 bits per heavy atom. The maximum atomic E-state index is 12.3. The van der Waals surface area contributed by atoms with E-state index >= 15 is 0 Å². The van der Waals surface area contributed by atoms with Crippen molar-refractivity contribution in [3.05, 3.63) is 47.3 Å². The molecular formula is C17H23N3O3S. The number of hydrogen-bond acceptors (Lipinski definition) is 5. The van der Waals surface area contributed by atoms with E-state index in [2.05, 4.69) is 10.1 Å². The third kappa shape index (κ3) is 3.38. The minimum atomic E-state index is -3.41. The van der Waals surface area contributed by atoms with Crippen LogP contribution in [0.3, 0.4) is 0 Å². The van der Waals surface area contributed by atoms with Crippen LogP contribution in [0.15, 0.2) is 39.8 Å². The highest BCUT2D eigenvalue weighted by Gasteiger charge is 2.29. The topological polar surface area (TPSA) is 66.7 Å². The maximum Gasteiger partial charge on any atom is 0.242 e. The van der Waals surface area contributed by atoms with Crippen LogP contribution in [0.5, 0.6) is 0 Å². The van der Waals surface area contributed by atoms with E-state index in [1.807, 2.05) is 19.1 Å². The number of benzene rings is 1. The lowest BCUT2D eigenvalue weighted by Crippen LogP contribution is -2.24. The van der Waals surface area contributed by atoms with E-state index in [0.717, 1.165) is 36.4 Å². The predicted molar refractivity (Wildman–Crippen MR) is 90.9 cm³/mol. The highest BCUT2D eigenvalue weighted by Crippen LogP contribution is 2.33. The van der Waals surface area contributed by atoms with Crippen molar-refractivity contribution >= 4 is 10.0 Å². The van der Waals surface area contributed by atoms with Crippen LogP contribution < -0.4 is 0 Å². The first-order valence-electron chi connectivity index (χ1n) is 8.06. The molecule has 1 aromatic carbocycles. The first-order valence-corrected chi connectivity index (χ1v) is 9.50. The highest BCUT2D eigenvalue weighted by molar-refractivity contribution is 7.89. The molecule has 0 saturated carbocycles. The summed E-state index contributed by atoms with van der Waals surface area (Å²) in [6, 6.07) is 9.36. The number of aromatic nitrogens is 1.